The average Bonchev–Trinajstić information content (AvgIpc) is 2.88. The summed E-state index contributed by atoms with van der Waals surface area (Å²) in [5, 5.41) is 0. The number of likely N-dealkylation sites (tertiary alicyclic amines) is 1. The highest BCUT2D eigenvalue weighted by Crippen LogP contribution is 2.23. The van der Waals surface area contributed by atoms with Gasteiger partial charge in [-0.3, -0.25) is 9.69 Å². The van der Waals surface area contributed by atoms with E-state index >= 15 is 0 Å². The van der Waals surface area contributed by atoms with Crippen LogP contribution in [-0.4, -0.2) is 47.4 Å². The molecular formula is C10H18N2O. The summed E-state index contributed by atoms with van der Waals surface area (Å²) >= 11 is 0. The van der Waals surface area contributed by atoms with Gasteiger partial charge in [0.15, 0.2) is 0 Å². The van der Waals surface area contributed by atoms with Gasteiger partial charge in [-0.1, -0.05) is 0 Å². The molecule has 13 heavy (non-hydrogen) atoms. The minimum Gasteiger partial charge on any atom is -0.338 e. The molecule has 2 rings (SSSR count). The van der Waals surface area contributed by atoms with Crippen molar-refractivity contribution in [3.8, 4) is 0 Å². The van der Waals surface area contributed by atoms with Gasteiger partial charge in [0, 0.05) is 25.2 Å². The van der Waals surface area contributed by atoms with Crippen molar-refractivity contribution in [2.75, 3.05) is 19.6 Å². The molecular weight excluding hydrogens is 164 g/mol. The van der Waals surface area contributed by atoms with Crippen molar-refractivity contribution >= 4 is 5.91 Å². The third kappa shape index (κ3) is 1.85. The quantitative estimate of drug-likeness (QED) is 0.587. The molecule has 3 heteroatoms. The van der Waals surface area contributed by atoms with E-state index in [4.69, 9.17) is 0 Å². The highest BCUT2D eigenvalue weighted by molar-refractivity contribution is 5.80. The lowest BCUT2D eigenvalue weighted by Gasteiger charge is -2.24. The summed E-state index contributed by atoms with van der Waals surface area (Å²) in [4.78, 5) is 15.8. The predicted octanol–water partition coefficient (Wildman–Crippen LogP) is 0.701. The maximum atomic E-state index is 11.5. The van der Waals surface area contributed by atoms with Gasteiger partial charge in [-0.2, -0.15) is 0 Å². The largest absolute Gasteiger partial charge is 0.338 e. The molecule has 0 aromatic heterocycles. The number of carbonyl (C=O) groups excluding carboxylic acids is 1. The average molecular weight is 182 g/mol. The second-order valence-electron chi connectivity index (χ2n) is 4.33. The first-order valence-corrected chi connectivity index (χ1v) is 5.22. The highest BCUT2D eigenvalue weighted by Gasteiger charge is 2.32. The molecule has 0 aromatic carbocycles. The van der Waals surface area contributed by atoms with Gasteiger partial charge >= 0.3 is 0 Å². The van der Waals surface area contributed by atoms with Crippen LogP contribution in [0.5, 0.6) is 0 Å². The lowest BCUT2D eigenvalue weighted by atomic mass is 10.2. The Morgan fingerprint density at radius 1 is 1.23 bits per heavy atom. The van der Waals surface area contributed by atoms with Crippen LogP contribution in [0.2, 0.25) is 0 Å². The molecule has 0 N–H and O–H groups in total. The van der Waals surface area contributed by atoms with Gasteiger partial charge in [0.25, 0.3) is 0 Å². The summed E-state index contributed by atoms with van der Waals surface area (Å²) in [5.41, 5.74) is 0. The van der Waals surface area contributed by atoms with Crippen LogP contribution in [0.4, 0.5) is 0 Å². The Morgan fingerprint density at radius 3 is 2.23 bits per heavy atom. The Kier molecular flexibility index (Phi) is 2.28. The van der Waals surface area contributed by atoms with E-state index in [1.54, 1.807) is 0 Å². The van der Waals surface area contributed by atoms with E-state index in [-0.39, 0.29) is 0 Å². The molecule has 0 aromatic rings. The van der Waals surface area contributed by atoms with Gasteiger partial charge < -0.3 is 4.90 Å². The lowest BCUT2D eigenvalue weighted by molar-refractivity contribution is -0.127. The van der Waals surface area contributed by atoms with Crippen LogP contribution in [0.3, 0.4) is 0 Å². The molecule has 2 heterocycles. The molecule has 0 radical (unpaired) electrons. The van der Waals surface area contributed by atoms with E-state index in [0.29, 0.717) is 24.5 Å². The van der Waals surface area contributed by atoms with E-state index in [0.717, 1.165) is 13.1 Å². The SMILES string of the molecule is CC1CCC(C)N1CC(=O)N1CC1. The Hall–Kier alpha value is -0.570. The van der Waals surface area contributed by atoms with Crippen LogP contribution in [0, 0.1) is 0 Å². The molecule has 0 saturated carbocycles. The molecule has 1 amide bonds. The van der Waals surface area contributed by atoms with Crippen molar-refractivity contribution in [2.24, 2.45) is 0 Å². The van der Waals surface area contributed by atoms with Crippen molar-refractivity contribution in [3.05, 3.63) is 0 Å². The maximum Gasteiger partial charge on any atom is 0.236 e. The van der Waals surface area contributed by atoms with E-state index in [1.165, 1.54) is 12.8 Å². The fourth-order valence-corrected chi connectivity index (χ4v) is 2.12. The van der Waals surface area contributed by atoms with Crippen molar-refractivity contribution in [3.63, 3.8) is 0 Å². The van der Waals surface area contributed by atoms with E-state index < -0.39 is 0 Å². The van der Waals surface area contributed by atoms with Gasteiger partial charge in [-0.25, -0.2) is 0 Å². The van der Waals surface area contributed by atoms with Gasteiger partial charge in [0.05, 0.1) is 6.54 Å². The van der Waals surface area contributed by atoms with Crippen LogP contribution >= 0.6 is 0 Å². The first-order valence-electron chi connectivity index (χ1n) is 5.22. The summed E-state index contributed by atoms with van der Waals surface area (Å²) in [6, 6.07) is 1.19. The Balaban J connectivity index is 1.88. The summed E-state index contributed by atoms with van der Waals surface area (Å²) in [6.07, 6.45) is 2.49. The van der Waals surface area contributed by atoms with Crippen LogP contribution in [-0.2, 0) is 4.79 Å². The third-order valence-electron chi connectivity index (χ3n) is 3.25. The fraction of sp³-hybridized carbons (Fsp3) is 0.900. The van der Waals surface area contributed by atoms with Crippen molar-refractivity contribution in [1.82, 2.24) is 9.80 Å². The van der Waals surface area contributed by atoms with Gasteiger partial charge in [0.2, 0.25) is 5.91 Å². The molecule has 0 spiro atoms. The Morgan fingerprint density at radius 2 is 1.77 bits per heavy atom. The van der Waals surface area contributed by atoms with Crippen molar-refractivity contribution in [1.29, 1.82) is 0 Å². The number of carbonyl (C=O) groups is 1. The second-order valence-corrected chi connectivity index (χ2v) is 4.33. The molecule has 3 nitrogen and oxygen atoms in total. The summed E-state index contributed by atoms with van der Waals surface area (Å²) in [5.74, 6) is 0.320. The normalized spacial score (nSPS) is 33.8. The summed E-state index contributed by atoms with van der Waals surface area (Å²) in [7, 11) is 0. The Labute approximate surface area is 79.7 Å². The number of hydrogen-bond donors (Lipinski definition) is 0. The summed E-state index contributed by atoms with van der Waals surface area (Å²) in [6.45, 7) is 7.05. The first kappa shape index (κ1) is 9.00. The third-order valence-corrected chi connectivity index (χ3v) is 3.25. The van der Waals surface area contributed by atoms with Crippen molar-refractivity contribution < 1.29 is 4.79 Å². The van der Waals surface area contributed by atoms with Gasteiger partial charge in [-0.15, -0.1) is 0 Å². The molecule has 2 fully saturated rings. The molecule has 2 unspecified atom stereocenters. The van der Waals surface area contributed by atoms with E-state index in [1.807, 2.05) is 4.90 Å². The first-order chi connectivity index (χ1) is 6.18. The molecule has 74 valence electrons. The van der Waals surface area contributed by atoms with Gasteiger partial charge in [0.1, 0.15) is 0 Å². The minimum absolute atomic E-state index is 0.320. The zero-order valence-electron chi connectivity index (χ0n) is 8.49. The van der Waals surface area contributed by atoms with Gasteiger partial charge in [-0.05, 0) is 26.7 Å². The molecule has 0 bridgehead atoms. The molecule has 2 atom stereocenters. The number of hydrogen-bond acceptors (Lipinski definition) is 2. The van der Waals surface area contributed by atoms with E-state index in [2.05, 4.69) is 18.7 Å². The lowest BCUT2D eigenvalue weighted by Crippen LogP contribution is -2.39. The topological polar surface area (TPSA) is 23.3 Å². The predicted molar refractivity (Wildman–Crippen MR) is 51.4 cm³/mol. The standard InChI is InChI=1S/C10H18N2O/c1-8-3-4-9(2)12(8)7-10(13)11-5-6-11/h8-9H,3-7H2,1-2H3. The summed E-state index contributed by atoms with van der Waals surface area (Å²) < 4.78 is 0. The Bertz CT molecular complexity index is 203. The van der Waals surface area contributed by atoms with Crippen LogP contribution in [0.25, 0.3) is 0 Å². The molecule has 2 saturated heterocycles. The number of nitrogens with zero attached hydrogens (tertiary/aromatic N) is 2. The molecule has 2 aliphatic rings. The zero-order chi connectivity index (χ0) is 9.42. The van der Waals surface area contributed by atoms with Crippen LogP contribution in [0.1, 0.15) is 26.7 Å². The van der Waals surface area contributed by atoms with Crippen molar-refractivity contribution in [2.45, 2.75) is 38.8 Å². The monoisotopic (exact) mass is 182 g/mol. The van der Waals surface area contributed by atoms with E-state index in [9.17, 15) is 4.79 Å². The fourth-order valence-electron chi connectivity index (χ4n) is 2.12. The second kappa shape index (κ2) is 3.29. The zero-order valence-corrected chi connectivity index (χ0v) is 8.49. The van der Waals surface area contributed by atoms with Crippen LogP contribution in [0.15, 0.2) is 0 Å². The maximum absolute atomic E-state index is 11.5. The molecule has 2 aliphatic heterocycles. The minimum atomic E-state index is 0.320. The number of rotatable bonds is 2. The van der Waals surface area contributed by atoms with Crippen LogP contribution < -0.4 is 0 Å². The number of amides is 1. The smallest absolute Gasteiger partial charge is 0.236 e. The molecule has 0 aliphatic carbocycles. The highest BCUT2D eigenvalue weighted by atomic mass is 16.2.